The van der Waals surface area contributed by atoms with Gasteiger partial charge in [-0.25, -0.2) is 4.79 Å². The van der Waals surface area contributed by atoms with Crippen molar-refractivity contribution in [1.29, 1.82) is 0 Å². The van der Waals surface area contributed by atoms with Gasteiger partial charge in [0.1, 0.15) is 0 Å². The predicted molar refractivity (Wildman–Crippen MR) is 136 cm³/mol. The minimum atomic E-state index is -1.50. The second kappa shape index (κ2) is 14.3. The summed E-state index contributed by atoms with van der Waals surface area (Å²) in [6.07, 6.45) is -1.79. The van der Waals surface area contributed by atoms with E-state index in [0.29, 0.717) is 5.56 Å². The van der Waals surface area contributed by atoms with Gasteiger partial charge < -0.3 is 19.9 Å². The van der Waals surface area contributed by atoms with Gasteiger partial charge in [-0.05, 0) is 29.7 Å². The molecular formula is C29H29NO7. The van der Waals surface area contributed by atoms with E-state index in [2.05, 4.69) is 5.32 Å². The number of rotatable bonds is 14. The third-order valence-corrected chi connectivity index (χ3v) is 5.52. The highest BCUT2D eigenvalue weighted by Gasteiger charge is 2.26. The molecule has 3 rings (SSSR count). The molecule has 3 aromatic rings. The van der Waals surface area contributed by atoms with E-state index in [9.17, 15) is 24.3 Å². The van der Waals surface area contributed by atoms with E-state index >= 15 is 0 Å². The smallest absolute Gasteiger partial charge is 0.347 e. The number of carbonyl (C=O) groups is 4. The Labute approximate surface area is 215 Å². The molecule has 0 saturated carbocycles. The maximum atomic E-state index is 13.0. The van der Waals surface area contributed by atoms with Gasteiger partial charge in [0.05, 0.1) is 25.7 Å². The monoisotopic (exact) mass is 503 g/mol. The number of Topliss-reactive ketones (excluding diaryl/α,β-unsaturated/α-hetero) is 1. The Hall–Kier alpha value is -4.30. The Morgan fingerprint density at radius 3 is 1.92 bits per heavy atom. The Bertz CT molecular complexity index is 1170. The van der Waals surface area contributed by atoms with Crippen molar-refractivity contribution < 1.29 is 33.8 Å². The van der Waals surface area contributed by atoms with Crippen LogP contribution in [0.15, 0.2) is 91.0 Å². The fraction of sp³-hybridized carbons (Fsp3) is 0.241. The summed E-state index contributed by atoms with van der Waals surface area (Å²) < 4.78 is 10.4. The lowest BCUT2D eigenvalue weighted by atomic mass is 9.99. The molecule has 1 amide bonds. The summed E-state index contributed by atoms with van der Waals surface area (Å²) in [6, 6.07) is 26.0. The van der Waals surface area contributed by atoms with Crippen LogP contribution in [-0.2, 0) is 36.9 Å². The summed E-state index contributed by atoms with van der Waals surface area (Å²) in [5.41, 5.74) is 2.11. The zero-order valence-corrected chi connectivity index (χ0v) is 20.2. The number of esters is 1. The van der Waals surface area contributed by atoms with Crippen LogP contribution in [0.4, 0.5) is 0 Å². The van der Waals surface area contributed by atoms with Gasteiger partial charge in [-0.2, -0.15) is 0 Å². The van der Waals surface area contributed by atoms with E-state index < -0.39 is 30.0 Å². The molecule has 2 N–H and O–H groups in total. The molecule has 0 saturated heterocycles. The van der Waals surface area contributed by atoms with Crippen molar-refractivity contribution in [3.05, 3.63) is 108 Å². The van der Waals surface area contributed by atoms with Crippen LogP contribution in [0, 0.1) is 0 Å². The van der Waals surface area contributed by atoms with Gasteiger partial charge in [-0.3, -0.25) is 14.4 Å². The third-order valence-electron chi connectivity index (χ3n) is 5.52. The van der Waals surface area contributed by atoms with Gasteiger partial charge >= 0.3 is 11.9 Å². The van der Waals surface area contributed by atoms with Gasteiger partial charge in [0.25, 0.3) is 5.91 Å². The SMILES string of the molecule is O=C(CCC(=O)[C@H](Cc1ccccc1)NC(=O)c1ccccc1)OC(COCc1ccccc1)C(=O)O. The van der Waals surface area contributed by atoms with E-state index in [0.717, 1.165) is 11.1 Å². The van der Waals surface area contributed by atoms with Crippen molar-refractivity contribution in [3.63, 3.8) is 0 Å². The number of hydrogen-bond donors (Lipinski definition) is 2. The highest BCUT2D eigenvalue weighted by molar-refractivity contribution is 5.98. The van der Waals surface area contributed by atoms with Crippen LogP contribution in [-0.4, -0.2) is 47.5 Å². The number of benzene rings is 3. The van der Waals surface area contributed by atoms with Crippen LogP contribution in [0.3, 0.4) is 0 Å². The molecule has 0 spiro atoms. The average Bonchev–Trinajstić information content (AvgIpc) is 2.92. The molecule has 0 aromatic heterocycles. The van der Waals surface area contributed by atoms with Gasteiger partial charge in [-0.15, -0.1) is 0 Å². The molecule has 0 radical (unpaired) electrons. The van der Waals surface area contributed by atoms with Crippen LogP contribution in [0.5, 0.6) is 0 Å². The number of amides is 1. The van der Waals surface area contributed by atoms with Gasteiger partial charge in [0.15, 0.2) is 5.78 Å². The van der Waals surface area contributed by atoms with Crippen molar-refractivity contribution in [2.45, 2.75) is 38.0 Å². The summed E-state index contributed by atoms with van der Waals surface area (Å²) in [5.74, 6) is -2.95. The molecule has 0 fully saturated rings. The first kappa shape index (κ1) is 27.3. The Kier molecular flexibility index (Phi) is 10.6. The van der Waals surface area contributed by atoms with Gasteiger partial charge in [0.2, 0.25) is 6.10 Å². The molecule has 192 valence electrons. The molecule has 0 aliphatic rings. The number of carboxylic acids is 1. The van der Waals surface area contributed by atoms with Crippen LogP contribution in [0.25, 0.3) is 0 Å². The third kappa shape index (κ3) is 9.35. The molecule has 8 heteroatoms. The maximum absolute atomic E-state index is 13.0. The normalized spacial score (nSPS) is 12.2. The van der Waals surface area contributed by atoms with Gasteiger partial charge in [0, 0.05) is 12.0 Å². The Morgan fingerprint density at radius 2 is 1.32 bits per heavy atom. The van der Waals surface area contributed by atoms with E-state index in [-0.39, 0.29) is 38.3 Å². The van der Waals surface area contributed by atoms with Crippen LogP contribution >= 0.6 is 0 Å². The van der Waals surface area contributed by atoms with Crippen LogP contribution in [0.2, 0.25) is 0 Å². The minimum Gasteiger partial charge on any atom is -0.478 e. The summed E-state index contributed by atoms with van der Waals surface area (Å²) in [4.78, 5) is 49.5. The van der Waals surface area contributed by atoms with Crippen molar-refractivity contribution >= 4 is 23.6 Å². The molecule has 0 aliphatic carbocycles. The largest absolute Gasteiger partial charge is 0.478 e. The standard InChI is InChI=1S/C29H29NO7/c31-25(16-17-27(32)37-26(29(34)35)20-36-19-22-12-6-2-7-13-22)24(18-21-10-4-1-5-11-21)30-28(33)23-14-8-3-9-15-23/h1-15,24,26H,16-20H2,(H,30,33)(H,34,35)/t24-,26?/m0/s1. The number of aliphatic carboxylic acids is 1. The van der Waals surface area contributed by atoms with Crippen molar-refractivity contribution in [2.75, 3.05) is 6.61 Å². The molecule has 3 aromatic carbocycles. The topological polar surface area (TPSA) is 119 Å². The first-order chi connectivity index (χ1) is 17.9. The second-order valence-corrected chi connectivity index (χ2v) is 8.37. The first-order valence-corrected chi connectivity index (χ1v) is 11.9. The minimum absolute atomic E-state index is 0.170. The number of carboxylic acid groups (broad SMARTS) is 1. The summed E-state index contributed by atoms with van der Waals surface area (Å²) >= 11 is 0. The Balaban J connectivity index is 1.55. The summed E-state index contributed by atoms with van der Waals surface area (Å²) in [7, 11) is 0. The summed E-state index contributed by atoms with van der Waals surface area (Å²) in [6.45, 7) is -0.156. The molecule has 2 atom stereocenters. The lowest BCUT2D eigenvalue weighted by Crippen LogP contribution is -2.42. The highest BCUT2D eigenvalue weighted by atomic mass is 16.6. The van der Waals surface area contributed by atoms with E-state index in [4.69, 9.17) is 9.47 Å². The quantitative estimate of drug-likeness (QED) is 0.323. The molecule has 0 heterocycles. The van der Waals surface area contributed by atoms with E-state index in [1.807, 2.05) is 60.7 Å². The Morgan fingerprint density at radius 1 is 0.757 bits per heavy atom. The van der Waals surface area contributed by atoms with Gasteiger partial charge in [-0.1, -0.05) is 78.9 Å². The molecule has 0 bridgehead atoms. The number of hydrogen-bond acceptors (Lipinski definition) is 6. The van der Waals surface area contributed by atoms with Crippen LogP contribution < -0.4 is 5.32 Å². The van der Waals surface area contributed by atoms with E-state index in [1.54, 1.807) is 30.3 Å². The van der Waals surface area contributed by atoms with Crippen molar-refractivity contribution in [1.82, 2.24) is 5.32 Å². The number of nitrogens with one attached hydrogen (secondary N) is 1. The van der Waals surface area contributed by atoms with Crippen molar-refractivity contribution in [2.24, 2.45) is 0 Å². The molecule has 8 nitrogen and oxygen atoms in total. The molecule has 1 unspecified atom stereocenters. The maximum Gasteiger partial charge on any atom is 0.347 e. The zero-order chi connectivity index (χ0) is 26.5. The highest BCUT2D eigenvalue weighted by Crippen LogP contribution is 2.10. The fourth-order valence-corrected chi connectivity index (χ4v) is 3.56. The lowest BCUT2D eigenvalue weighted by molar-refractivity contribution is -0.168. The summed E-state index contributed by atoms with van der Waals surface area (Å²) in [5, 5.41) is 12.1. The van der Waals surface area contributed by atoms with Crippen LogP contribution in [0.1, 0.15) is 34.3 Å². The predicted octanol–water partition coefficient (Wildman–Crippen LogP) is 3.59. The first-order valence-electron chi connectivity index (χ1n) is 11.9. The molecular weight excluding hydrogens is 474 g/mol. The number of ether oxygens (including phenoxy) is 2. The molecule has 0 aliphatic heterocycles. The lowest BCUT2D eigenvalue weighted by Gasteiger charge is -2.18. The van der Waals surface area contributed by atoms with Crippen molar-refractivity contribution in [3.8, 4) is 0 Å². The van der Waals surface area contributed by atoms with E-state index in [1.165, 1.54) is 0 Å². The fourth-order valence-electron chi connectivity index (χ4n) is 3.56. The number of ketones is 1. The number of carbonyl (C=O) groups excluding carboxylic acids is 3. The second-order valence-electron chi connectivity index (χ2n) is 8.37. The molecule has 37 heavy (non-hydrogen) atoms. The zero-order valence-electron chi connectivity index (χ0n) is 20.2. The average molecular weight is 504 g/mol.